The molecule has 0 unspecified atom stereocenters. The lowest BCUT2D eigenvalue weighted by molar-refractivity contribution is -0.116. The summed E-state index contributed by atoms with van der Waals surface area (Å²) in [6.45, 7) is 0. The Morgan fingerprint density at radius 2 is 1.87 bits per heavy atom. The molecule has 5 rings (SSSR count). The molecule has 1 aliphatic heterocycles. The minimum Gasteiger partial charge on any atom is -0.357 e. The largest absolute Gasteiger partial charge is 0.357 e. The van der Waals surface area contributed by atoms with Crippen molar-refractivity contribution in [3.8, 4) is 0 Å². The van der Waals surface area contributed by atoms with Gasteiger partial charge in [-0.25, -0.2) is 9.18 Å². The average Bonchev–Trinajstić information content (AvgIpc) is 3.25. The smallest absolute Gasteiger partial charge is 0.327 e. The molecule has 0 spiro atoms. The molecule has 31 heavy (non-hydrogen) atoms. The number of carbonyl (C=O) groups excluding carboxylic acids is 2. The summed E-state index contributed by atoms with van der Waals surface area (Å²) in [6, 6.07) is 16.1. The predicted octanol–water partition coefficient (Wildman–Crippen LogP) is 6.10. The van der Waals surface area contributed by atoms with Crippen LogP contribution in [0.4, 0.5) is 26.2 Å². The maximum atomic E-state index is 13.6. The van der Waals surface area contributed by atoms with Crippen LogP contribution in [0.2, 0.25) is 0 Å². The summed E-state index contributed by atoms with van der Waals surface area (Å²) in [5.41, 5.74) is 3.45. The number of nitrogens with one attached hydrogen (secondary N) is 2. The third-order valence-electron chi connectivity index (χ3n) is 5.56. The van der Waals surface area contributed by atoms with Crippen LogP contribution in [0.5, 0.6) is 0 Å². The zero-order valence-corrected chi connectivity index (χ0v) is 17.4. The molecular weight excluding hydrogens is 413 g/mol. The van der Waals surface area contributed by atoms with Gasteiger partial charge in [0.15, 0.2) is 5.78 Å². The topological polar surface area (TPSA) is 61.4 Å². The Hall–Kier alpha value is -3.45. The van der Waals surface area contributed by atoms with E-state index in [0.29, 0.717) is 23.4 Å². The molecule has 2 aliphatic rings. The lowest BCUT2D eigenvalue weighted by Crippen LogP contribution is -2.40. The van der Waals surface area contributed by atoms with Crippen LogP contribution < -0.4 is 15.5 Å². The van der Waals surface area contributed by atoms with E-state index in [1.165, 1.54) is 35.6 Å². The molecule has 1 atom stereocenters. The molecule has 0 bridgehead atoms. The summed E-state index contributed by atoms with van der Waals surface area (Å²) in [5.74, 6) is -0.319. The highest BCUT2D eigenvalue weighted by Crippen LogP contribution is 2.45. The molecule has 0 fully saturated rings. The summed E-state index contributed by atoms with van der Waals surface area (Å²) in [4.78, 5) is 29.3. The monoisotopic (exact) mass is 433 g/mol. The number of amides is 2. The van der Waals surface area contributed by atoms with E-state index in [4.69, 9.17) is 0 Å². The fourth-order valence-electron chi connectivity index (χ4n) is 4.19. The van der Waals surface area contributed by atoms with Crippen LogP contribution in [-0.2, 0) is 4.79 Å². The van der Waals surface area contributed by atoms with Crippen molar-refractivity contribution in [1.82, 2.24) is 0 Å². The Kier molecular flexibility index (Phi) is 5.03. The zero-order valence-electron chi connectivity index (χ0n) is 16.6. The molecule has 0 saturated carbocycles. The van der Waals surface area contributed by atoms with Crippen molar-refractivity contribution in [3.63, 3.8) is 0 Å². The number of ketones is 1. The molecule has 1 aromatic heterocycles. The minimum atomic E-state index is -0.542. The minimum absolute atomic E-state index is 0.0551. The van der Waals surface area contributed by atoms with E-state index < -0.39 is 6.04 Å². The van der Waals surface area contributed by atoms with Crippen LogP contribution >= 0.6 is 11.3 Å². The molecule has 0 saturated heterocycles. The van der Waals surface area contributed by atoms with E-state index >= 15 is 0 Å². The zero-order chi connectivity index (χ0) is 21.4. The molecule has 2 N–H and O–H groups in total. The van der Waals surface area contributed by atoms with Gasteiger partial charge >= 0.3 is 6.03 Å². The Morgan fingerprint density at radius 3 is 2.65 bits per heavy atom. The van der Waals surface area contributed by atoms with Crippen molar-refractivity contribution < 1.29 is 14.0 Å². The van der Waals surface area contributed by atoms with Gasteiger partial charge in [0.05, 0.1) is 11.4 Å². The number of rotatable bonds is 2. The molecule has 2 amide bonds. The predicted molar refractivity (Wildman–Crippen MR) is 121 cm³/mol. The van der Waals surface area contributed by atoms with Gasteiger partial charge in [0.25, 0.3) is 0 Å². The molecule has 1 aliphatic carbocycles. The second kappa shape index (κ2) is 8.00. The van der Waals surface area contributed by atoms with Crippen molar-refractivity contribution >= 4 is 40.2 Å². The normalized spacial score (nSPS) is 18.0. The second-order valence-electron chi connectivity index (χ2n) is 7.54. The first-order valence-corrected chi connectivity index (χ1v) is 11.0. The van der Waals surface area contributed by atoms with E-state index in [2.05, 4.69) is 10.6 Å². The first-order valence-electron chi connectivity index (χ1n) is 10.1. The van der Waals surface area contributed by atoms with Gasteiger partial charge in [-0.2, -0.15) is 0 Å². The molecule has 0 radical (unpaired) electrons. The number of thiophene rings is 1. The van der Waals surface area contributed by atoms with Crippen molar-refractivity contribution in [2.45, 2.75) is 25.3 Å². The number of hydrogen-bond donors (Lipinski definition) is 2. The standard InChI is InChI=1S/C24H20FN3O2S/c25-15-10-12-16(13-11-15)26-24(30)28-19-7-2-1-5-17(19)27-18-6-3-8-20(29)22(18)23(28)21-9-4-14-31-21/h1-2,4-5,7,9-14,23,27H,3,6,8H2,(H,26,30)/t23-/m1/s1. The van der Waals surface area contributed by atoms with E-state index in [1.54, 1.807) is 4.90 Å². The number of hydrogen-bond acceptors (Lipinski definition) is 4. The number of urea groups is 1. The summed E-state index contributed by atoms with van der Waals surface area (Å²) in [7, 11) is 0. The average molecular weight is 434 g/mol. The maximum absolute atomic E-state index is 13.6. The lowest BCUT2D eigenvalue weighted by Gasteiger charge is -2.33. The first kappa shape index (κ1) is 19.5. The van der Waals surface area contributed by atoms with Gasteiger partial charge in [0.2, 0.25) is 0 Å². The number of para-hydroxylation sites is 2. The maximum Gasteiger partial charge on any atom is 0.327 e. The Morgan fingerprint density at radius 1 is 1.06 bits per heavy atom. The van der Waals surface area contributed by atoms with Gasteiger partial charge in [0.1, 0.15) is 11.9 Å². The van der Waals surface area contributed by atoms with Crippen LogP contribution in [-0.4, -0.2) is 11.8 Å². The third kappa shape index (κ3) is 3.61. The van der Waals surface area contributed by atoms with Crippen molar-refractivity contribution in [2.75, 3.05) is 15.5 Å². The van der Waals surface area contributed by atoms with Crippen molar-refractivity contribution in [2.24, 2.45) is 0 Å². The molecule has 7 heteroatoms. The number of carbonyl (C=O) groups is 2. The molecule has 156 valence electrons. The Bertz CT molecular complexity index is 1170. The van der Waals surface area contributed by atoms with E-state index in [-0.39, 0.29) is 17.6 Å². The van der Waals surface area contributed by atoms with Gasteiger partial charge in [0, 0.05) is 28.3 Å². The Balaban J connectivity index is 1.66. The first-order chi connectivity index (χ1) is 15.1. The van der Waals surface area contributed by atoms with Crippen LogP contribution in [0.15, 0.2) is 77.3 Å². The highest BCUT2D eigenvalue weighted by atomic mass is 32.1. The van der Waals surface area contributed by atoms with E-state index in [1.807, 2.05) is 41.8 Å². The van der Waals surface area contributed by atoms with Gasteiger partial charge in [-0.05, 0) is 60.7 Å². The highest BCUT2D eigenvalue weighted by molar-refractivity contribution is 7.10. The van der Waals surface area contributed by atoms with Gasteiger partial charge in [-0.15, -0.1) is 11.3 Å². The summed E-state index contributed by atoms with van der Waals surface area (Å²) >= 11 is 1.52. The SMILES string of the molecule is O=C1CCCC2=C1[C@@H](c1cccs1)N(C(=O)Nc1ccc(F)cc1)c1ccccc1N2. The molecule has 2 heterocycles. The number of fused-ring (bicyclic) bond motifs is 1. The number of benzene rings is 2. The molecular formula is C24H20FN3O2S. The highest BCUT2D eigenvalue weighted by Gasteiger charge is 2.40. The van der Waals surface area contributed by atoms with Crippen molar-refractivity contribution in [1.29, 1.82) is 0 Å². The summed E-state index contributed by atoms with van der Waals surface area (Å²) in [6.07, 6.45) is 2.00. The number of Topliss-reactive ketones (excluding diaryl/α,β-unsaturated/α-hetero) is 1. The molecule has 3 aromatic rings. The van der Waals surface area contributed by atoms with E-state index in [9.17, 15) is 14.0 Å². The van der Waals surface area contributed by atoms with Crippen LogP contribution in [0.1, 0.15) is 30.2 Å². The van der Waals surface area contributed by atoms with Gasteiger partial charge in [-0.3, -0.25) is 9.69 Å². The number of allylic oxidation sites excluding steroid dienone is 1. The lowest BCUT2D eigenvalue weighted by atomic mass is 9.88. The van der Waals surface area contributed by atoms with Crippen LogP contribution in [0.3, 0.4) is 0 Å². The number of nitrogens with zero attached hydrogens (tertiary/aromatic N) is 1. The second-order valence-corrected chi connectivity index (χ2v) is 8.52. The molecule has 2 aromatic carbocycles. The van der Waals surface area contributed by atoms with Gasteiger partial charge in [-0.1, -0.05) is 18.2 Å². The third-order valence-corrected chi connectivity index (χ3v) is 6.49. The fourth-order valence-corrected chi connectivity index (χ4v) is 5.01. The van der Waals surface area contributed by atoms with Crippen LogP contribution in [0.25, 0.3) is 0 Å². The quantitative estimate of drug-likeness (QED) is 0.513. The molecule has 5 nitrogen and oxygen atoms in total. The van der Waals surface area contributed by atoms with Gasteiger partial charge < -0.3 is 10.6 Å². The number of anilines is 3. The summed E-state index contributed by atoms with van der Waals surface area (Å²) < 4.78 is 13.3. The van der Waals surface area contributed by atoms with E-state index in [0.717, 1.165) is 29.1 Å². The Labute approximate surface area is 183 Å². The van der Waals surface area contributed by atoms with Crippen molar-refractivity contribution in [3.05, 3.63) is 88.0 Å². The number of halogens is 1. The van der Waals surface area contributed by atoms with Crippen LogP contribution in [0, 0.1) is 5.82 Å². The fraction of sp³-hybridized carbons (Fsp3) is 0.167. The summed E-state index contributed by atoms with van der Waals surface area (Å²) in [5, 5.41) is 8.25.